The molecule has 2 N–H and O–H groups in total. The van der Waals surface area contributed by atoms with Crippen molar-refractivity contribution in [1.82, 2.24) is 5.32 Å². The molecule has 0 spiro atoms. The van der Waals surface area contributed by atoms with Gasteiger partial charge in [-0.15, -0.1) is 0 Å². The Kier molecular flexibility index (Phi) is 5.94. The van der Waals surface area contributed by atoms with E-state index in [9.17, 15) is 4.39 Å². The maximum Gasteiger partial charge on any atom is 0.165 e. The van der Waals surface area contributed by atoms with Gasteiger partial charge in [0.2, 0.25) is 0 Å². The minimum atomic E-state index is -0.339. The molecule has 0 saturated carbocycles. The van der Waals surface area contributed by atoms with E-state index in [2.05, 4.69) is 5.32 Å². The lowest BCUT2D eigenvalue weighted by atomic mass is 10.1. The molecule has 96 valence electrons. The molecule has 1 aromatic carbocycles. The van der Waals surface area contributed by atoms with Gasteiger partial charge >= 0.3 is 0 Å². The van der Waals surface area contributed by atoms with Crippen molar-refractivity contribution in [3.8, 4) is 5.75 Å². The highest BCUT2D eigenvalue weighted by atomic mass is 19.1. The van der Waals surface area contributed by atoms with Gasteiger partial charge in [0.05, 0.1) is 6.61 Å². The standard InChI is InChI=1S/C13H20FNO2/c1-10(15-2)11-5-6-13(12(14)9-11)17-8-4-3-7-16/h5-6,9-10,15-16H,3-4,7-8H2,1-2H3. The molecule has 0 amide bonds. The Labute approximate surface area is 102 Å². The van der Waals surface area contributed by atoms with Crippen LogP contribution in [0.1, 0.15) is 31.4 Å². The fourth-order valence-electron chi connectivity index (χ4n) is 1.47. The molecule has 0 aliphatic heterocycles. The lowest BCUT2D eigenvalue weighted by Crippen LogP contribution is -2.12. The Morgan fingerprint density at radius 2 is 2.18 bits per heavy atom. The van der Waals surface area contributed by atoms with Gasteiger partial charge in [-0.1, -0.05) is 6.07 Å². The van der Waals surface area contributed by atoms with E-state index in [1.165, 1.54) is 6.07 Å². The third-order valence-corrected chi connectivity index (χ3v) is 2.70. The van der Waals surface area contributed by atoms with Crippen LogP contribution in [-0.2, 0) is 0 Å². The third kappa shape index (κ3) is 4.32. The summed E-state index contributed by atoms with van der Waals surface area (Å²) >= 11 is 0. The summed E-state index contributed by atoms with van der Waals surface area (Å²) in [6.45, 7) is 2.54. The molecule has 0 aliphatic carbocycles. The summed E-state index contributed by atoms with van der Waals surface area (Å²) < 4.78 is 19.0. The van der Waals surface area contributed by atoms with E-state index < -0.39 is 0 Å². The fourth-order valence-corrected chi connectivity index (χ4v) is 1.47. The average Bonchev–Trinajstić information content (AvgIpc) is 2.35. The lowest BCUT2D eigenvalue weighted by Gasteiger charge is -2.12. The molecule has 0 radical (unpaired) electrons. The van der Waals surface area contributed by atoms with Gasteiger partial charge in [0.25, 0.3) is 0 Å². The molecule has 17 heavy (non-hydrogen) atoms. The van der Waals surface area contributed by atoms with Crippen LogP contribution in [0.3, 0.4) is 0 Å². The van der Waals surface area contributed by atoms with Crippen molar-refractivity contribution in [2.24, 2.45) is 0 Å². The van der Waals surface area contributed by atoms with Crippen molar-refractivity contribution in [3.63, 3.8) is 0 Å². The summed E-state index contributed by atoms with van der Waals surface area (Å²) in [6.07, 6.45) is 1.40. The first kappa shape index (κ1) is 13.9. The number of aliphatic hydroxyl groups excluding tert-OH is 1. The Morgan fingerprint density at radius 1 is 1.41 bits per heavy atom. The van der Waals surface area contributed by atoms with Gasteiger partial charge in [-0.05, 0) is 44.5 Å². The quantitative estimate of drug-likeness (QED) is 0.719. The zero-order chi connectivity index (χ0) is 12.7. The van der Waals surface area contributed by atoms with Crippen molar-refractivity contribution in [3.05, 3.63) is 29.6 Å². The van der Waals surface area contributed by atoms with Gasteiger partial charge in [0.1, 0.15) is 0 Å². The van der Waals surface area contributed by atoms with Crippen LogP contribution in [0.2, 0.25) is 0 Å². The van der Waals surface area contributed by atoms with Crippen molar-refractivity contribution in [2.45, 2.75) is 25.8 Å². The molecule has 1 rings (SSSR count). The number of nitrogens with one attached hydrogen (secondary N) is 1. The van der Waals surface area contributed by atoms with E-state index in [4.69, 9.17) is 9.84 Å². The van der Waals surface area contributed by atoms with Crippen molar-refractivity contribution in [1.29, 1.82) is 0 Å². The maximum absolute atomic E-state index is 13.7. The summed E-state index contributed by atoms with van der Waals surface area (Å²) in [4.78, 5) is 0. The predicted octanol–water partition coefficient (Wildman–Crippen LogP) is 2.26. The van der Waals surface area contributed by atoms with Gasteiger partial charge in [-0.3, -0.25) is 0 Å². The molecule has 1 atom stereocenters. The highest BCUT2D eigenvalue weighted by Crippen LogP contribution is 2.22. The second-order valence-electron chi connectivity index (χ2n) is 3.98. The molecule has 0 heterocycles. The molecule has 0 fully saturated rings. The average molecular weight is 241 g/mol. The van der Waals surface area contributed by atoms with E-state index in [1.54, 1.807) is 6.07 Å². The molecular weight excluding hydrogens is 221 g/mol. The van der Waals surface area contributed by atoms with Crippen molar-refractivity contribution in [2.75, 3.05) is 20.3 Å². The van der Waals surface area contributed by atoms with Gasteiger partial charge in [-0.2, -0.15) is 0 Å². The van der Waals surface area contributed by atoms with Crippen molar-refractivity contribution >= 4 is 0 Å². The molecule has 3 nitrogen and oxygen atoms in total. The van der Waals surface area contributed by atoms with Crippen LogP contribution >= 0.6 is 0 Å². The summed E-state index contributed by atoms with van der Waals surface area (Å²) in [6, 6.07) is 5.11. The van der Waals surface area contributed by atoms with Crippen LogP contribution in [0.25, 0.3) is 0 Å². The Hall–Kier alpha value is -1.13. The summed E-state index contributed by atoms with van der Waals surface area (Å²) in [5.74, 6) is -0.0661. The molecular formula is C13H20FNO2. The number of rotatable bonds is 7. The van der Waals surface area contributed by atoms with Gasteiger partial charge in [0, 0.05) is 12.6 Å². The Bertz CT molecular complexity index is 344. The first-order chi connectivity index (χ1) is 8.19. The number of benzene rings is 1. The maximum atomic E-state index is 13.7. The number of hydrogen-bond donors (Lipinski definition) is 2. The van der Waals surface area contributed by atoms with Crippen LogP contribution in [0, 0.1) is 5.82 Å². The van der Waals surface area contributed by atoms with E-state index in [0.29, 0.717) is 13.0 Å². The SMILES string of the molecule is CNC(C)c1ccc(OCCCCO)c(F)c1. The number of hydrogen-bond acceptors (Lipinski definition) is 3. The molecule has 1 unspecified atom stereocenters. The zero-order valence-electron chi connectivity index (χ0n) is 10.4. The minimum Gasteiger partial charge on any atom is -0.491 e. The summed E-state index contributed by atoms with van der Waals surface area (Å²) in [5.41, 5.74) is 0.896. The second-order valence-corrected chi connectivity index (χ2v) is 3.98. The first-order valence-electron chi connectivity index (χ1n) is 5.89. The largest absolute Gasteiger partial charge is 0.491 e. The van der Waals surface area contributed by atoms with Crippen LogP contribution in [0.15, 0.2) is 18.2 Å². The van der Waals surface area contributed by atoms with Crippen LogP contribution in [-0.4, -0.2) is 25.4 Å². The fraction of sp³-hybridized carbons (Fsp3) is 0.538. The topological polar surface area (TPSA) is 41.5 Å². The zero-order valence-corrected chi connectivity index (χ0v) is 10.4. The molecule has 0 aromatic heterocycles. The summed E-state index contributed by atoms with van der Waals surface area (Å²) in [7, 11) is 1.84. The van der Waals surface area contributed by atoms with E-state index >= 15 is 0 Å². The number of aliphatic hydroxyl groups is 1. The highest BCUT2D eigenvalue weighted by Gasteiger charge is 2.08. The first-order valence-corrected chi connectivity index (χ1v) is 5.89. The molecule has 0 aliphatic rings. The normalized spacial score (nSPS) is 12.5. The van der Waals surface area contributed by atoms with Crippen LogP contribution < -0.4 is 10.1 Å². The van der Waals surface area contributed by atoms with Crippen LogP contribution in [0.4, 0.5) is 4.39 Å². The van der Waals surface area contributed by atoms with Crippen LogP contribution in [0.5, 0.6) is 5.75 Å². The minimum absolute atomic E-state index is 0.118. The highest BCUT2D eigenvalue weighted by molar-refractivity contribution is 5.30. The van der Waals surface area contributed by atoms with Gasteiger partial charge in [-0.25, -0.2) is 4.39 Å². The number of halogens is 1. The van der Waals surface area contributed by atoms with Crippen molar-refractivity contribution < 1.29 is 14.2 Å². The second kappa shape index (κ2) is 7.25. The Morgan fingerprint density at radius 3 is 2.76 bits per heavy atom. The monoisotopic (exact) mass is 241 g/mol. The van der Waals surface area contributed by atoms with Gasteiger partial charge < -0.3 is 15.2 Å². The predicted molar refractivity (Wildman–Crippen MR) is 65.7 cm³/mol. The number of unbranched alkanes of at least 4 members (excludes halogenated alkanes) is 1. The Balaban J connectivity index is 2.57. The lowest BCUT2D eigenvalue weighted by molar-refractivity contribution is 0.248. The molecule has 0 saturated heterocycles. The van der Waals surface area contributed by atoms with E-state index in [0.717, 1.165) is 12.0 Å². The molecule has 0 bridgehead atoms. The van der Waals surface area contributed by atoms with Gasteiger partial charge in [0.15, 0.2) is 11.6 Å². The third-order valence-electron chi connectivity index (χ3n) is 2.70. The smallest absolute Gasteiger partial charge is 0.165 e. The van der Waals surface area contributed by atoms with E-state index in [-0.39, 0.29) is 24.2 Å². The number of ether oxygens (including phenoxy) is 1. The summed E-state index contributed by atoms with van der Waals surface area (Å²) in [5, 5.41) is 11.7. The molecule has 4 heteroatoms. The van der Waals surface area contributed by atoms with E-state index in [1.807, 2.05) is 20.0 Å². The molecule has 1 aromatic rings.